The van der Waals surface area contributed by atoms with E-state index in [4.69, 9.17) is 0 Å². The summed E-state index contributed by atoms with van der Waals surface area (Å²) in [5.41, 5.74) is 0. The van der Waals surface area contributed by atoms with Gasteiger partial charge in [0.1, 0.15) is 0 Å². The quantitative estimate of drug-likeness (QED) is 0.388. The third kappa shape index (κ3) is 8.82. The molecule has 0 saturated carbocycles. The predicted octanol–water partition coefficient (Wildman–Crippen LogP) is -3.02. The average molecular weight is 388 g/mol. The first-order chi connectivity index (χ1) is 0. The summed E-state index contributed by atoms with van der Waals surface area (Å²) in [7, 11) is 0. The van der Waals surface area contributed by atoms with Crippen molar-refractivity contribution in [2.75, 3.05) is 0 Å². The molecule has 0 aliphatic rings. The van der Waals surface area contributed by atoms with Gasteiger partial charge in [-0.05, 0) is 0 Å². The van der Waals surface area contributed by atoms with Crippen molar-refractivity contribution in [2.24, 2.45) is 0 Å². The van der Waals surface area contributed by atoms with Crippen LogP contribution < -0.4 is 0 Å². The van der Waals surface area contributed by atoms with Gasteiger partial charge in [0, 0.05) is 16.8 Å². The van der Waals surface area contributed by atoms with Crippen LogP contribution in [-0.4, -0.2) is 65.7 Å². The van der Waals surface area contributed by atoms with E-state index in [0.717, 1.165) is 0 Å². The van der Waals surface area contributed by atoms with Crippen molar-refractivity contribution in [1.29, 1.82) is 0 Å². The molecule has 31 valence electrons. The first-order valence-corrected chi connectivity index (χ1v) is 0. The van der Waals surface area contributed by atoms with E-state index in [1.807, 2.05) is 0 Å². The normalized spacial score (nSPS) is 0. The first-order valence-electron chi connectivity index (χ1n) is 0. The Morgan fingerprint density at radius 2 is 1.00 bits per heavy atom. The zero-order chi connectivity index (χ0) is 0. The Morgan fingerprint density at radius 1 is 1.00 bits per heavy atom. The van der Waals surface area contributed by atoms with Gasteiger partial charge in [0.2, 0.25) is 0 Å². The van der Waals surface area contributed by atoms with Gasteiger partial charge in [-0.15, -0.1) is 0 Å². The second kappa shape index (κ2) is 17.4. The molecule has 0 aliphatic heterocycles. The molecule has 0 aromatic carbocycles. The number of hydrogen-bond acceptors (Lipinski definition) is 0. The topological polar surface area (TPSA) is 0 Å². The molecule has 0 amide bonds. The van der Waals surface area contributed by atoms with Crippen molar-refractivity contribution in [1.82, 2.24) is 0 Å². The van der Waals surface area contributed by atoms with Gasteiger partial charge in [0.25, 0.3) is 0 Å². The van der Waals surface area contributed by atoms with E-state index in [0.29, 0.717) is 0 Å². The van der Waals surface area contributed by atoms with Crippen LogP contribution in [0.4, 0.5) is 0 Å². The summed E-state index contributed by atoms with van der Waals surface area (Å²) in [4.78, 5) is 0. The number of hydrogen-bond donors (Lipinski definition) is 0. The van der Waals surface area contributed by atoms with Crippen LogP contribution in [0.1, 0.15) is 0 Å². The Balaban J connectivity index is 0. The zero-order valence-electron chi connectivity index (χ0n) is 1.36. The average Bonchev–Trinajstić information content (AvgIpc) is 0. The van der Waals surface area contributed by atoms with E-state index < -0.39 is 0 Å². The minimum absolute atomic E-state index is 0. The van der Waals surface area contributed by atoms with E-state index in [2.05, 4.69) is 0 Å². The second-order valence-corrected chi connectivity index (χ2v) is 0. The molecule has 0 spiro atoms. The van der Waals surface area contributed by atoms with Gasteiger partial charge in [0.15, 0.2) is 0 Å². The molecule has 4 heteroatoms. The molecule has 4 heavy (non-hydrogen) atoms. The maximum absolute atomic E-state index is 0. The molecule has 0 aliphatic carbocycles. The Kier molecular flexibility index (Phi) is 131. The summed E-state index contributed by atoms with van der Waals surface area (Å²) in [5.74, 6) is 0. The van der Waals surface area contributed by atoms with Crippen molar-refractivity contribution in [3.05, 3.63) is 0 Å². The molecule has 0 heterocycles. The molecule has 0 fully saturated rings. The standard InChI is InChI=1S/Co.GeH4.Sb.HTe.2H/h;1H4;;1H;;. The molecule has 0 atom stereocenters. The van der Waals surface area contributed by atoms with E-state index in [1.54, 1.807) is 0 Å². The van der Waals surface area contributed by atoms with Gasteiger partial charge in [-0.1, -0.05) is 0 Å². The summed E-state index contributed by atoms with van der Waals surface area (Å²) >= 11 is 0. The summed E-state index contributed by atoms with van der Waals surface area (Å²) in [6.45, 7) is 0. The zero-order valence-corrected chi connectivity index (χ0v) is 8.25. The monoisotopic (exact) mass is 391 g/mol. The molecule has 0 N–H and O–H groups in total. The molecular formula is H7CoGeSbTe. The fourth-order valence-electron chi connectivity index (χ4n) is 0. The van der Waals surface area contributed by atoms with Crippen LogP contribution in [0.3, 0.4) is 0 Å². The Hall–Kier alpha value is 2.66. The van der Waals surface area contributed by atoms with Gasteiger partial charge < -0.3 is 0 Å². The third-order valence-corrected chi connectivity index (χ3v) is 0. The van der Waals surface area contributed by atoms with Crippen molar-refractivity contribution in [2.45, 2.75) is 0 Å². The van der Waals surface area contributed by atoms with E-state index in [-0.39, 0.29) is 82.5 Å². The van der Waals surface area contributed by atoms with Crippen molar-refractivity contribution in [3.63, 3.8) is 0 Å². The van der Waals surface area contributed by atoms with Crippen LogP contribution in [-0.2, 0) is 16.8 Å². The van der Waals surface area contributed by atoms with Crippen LogP contribution in [0.2, 0.25) is 0 Å². The molecule has 0 bridgehead atoms. The van der Waals surface area contributed by atoms with Crippen LogP contribution in [0.5, 0.6) is 0 Å². The minimum atomic E-state index is 0. The fourth-order valence-corrected chi connectivity index (χ4v) is 0. The summed E-state index contributed by atoms with van der Waals surface area (Å²) in [6, 6.07) is 0. The van der Waals surface area contributed by atoms with Gasteiger partial charge >= 0.3 is 65.7 Å². The molecular weight excluding hydrogens is 381 g/mol. The van der Waals surface area contributed by atoms with E-state index >= 15 is 0 Å². The second-order valence-electron chi connectivity index (χ2n) is 0. The van der Waals surface area contributed by atoms with Gasteiger partial charge in [0.05, 0.1) is 0 Å². The maximum atomic E-state index is 0. The fraction of sp³-hybridized carbons (Fsp3) is 0. The molecule has 0 rings (SSSR count). The Bertz CT molecular complexity index is 8.00. The molecule has 3 radical (unpaired) electrons. The molecule has 0 unspecified atom stereocenters. The van der Waals surface area contributed by atoms with Crippen LogP contribution in [0.15, 0.2) is 0 Å². The molecule has 0 nitrogen and oxygen atoms in total. The van der Waals surface area contributed by atoms with Crippen LogP contribution >= 0.6 is 0 Å². The van der Waals surface area contributed by atoms with Gasteiger partial charge in [-0.25, -0.2) is 0 Å². The van der Waals surface area contributed by atoms with Crippen molar-refractivity contribution in [3.8, 4) is 0 Å². The van der Waals surface area contributed by atoms with E-state index in [9.17, 15) is 0 Å². The Morgan fingerprint density at radius 3 is 1.00 bits per heavy atom. The van der Waals surface area contributed by atoms with Gasteiger partial charge in [-0.2, -0.15) is 0 Å². The third-order valence-electron chi connectivity index (χ3n) is 0. The van der Waals surface area contributed by atoms with Crippen LogP contribution in [0, 0.1) is 0 Å². The SMILES string of the molecule is [Co].[GeH4].[SbH2].[TeH]. The van der Waals surface area contributed by atoms with Crippen molar-refractivity contribution < 1.29 is 16.8 Å². The van der Waals surface area contributed by atoms with Gasteiger partial charge in [-0.3, -0.25) is 0 Å². The summed E-state index contributed by atoms with van der Waals surface area (Å²) in [5, 5.41) is 0. The molecule has 0 saturated heterocycles. The molecule has 0 aromatic heterocycles. The first kappa shape index (κ1) is 30.2. The molecule has 0 aromatic rings. The number of rotatable bonds is 0. The Labute approximate surface area is 81.2 Å². The van der Waals surface area contributed by atoms with Crippen molar-refractivity contribution >= 4 is 65.7 Å². The van der Waals surface area contributed by atoms with E-state index in [1.165, 1.54) is 0 Å². The summed E-state index contributed by atoms with van der Waals surface area (Å²) in [6.07, 6.45) is 0. The summed E-state index contributed by atoms with van der Waals surface area (Å²) < 4.78 is 0. The van der Waals surface area contributed by atoms with Crippen LogP contribution in [0.25, 0.3) is 0 Å². The predicted molar refractivity (Wildman–Crippen MR) is 27.0 cm³/mol.